The molecule has 0 aliphatic carbocycles. The van der Waals surface area contributed by atoms with E-state index in [2.05, 4.69) is 16.0 Å². The van der Waals surface area contributed by atoms with Gasteiger partial charge in [-0.15, -0.1) is 0 Å². The van der Waals surface area contributed by atoms with Crippen molar-refractivity contribution in [3.8, 4) is 0 Å². The molecule has 0 atom stereocenters. The first-order chi connectivity index (χ1) is 12.9. The minimum Gasteiger partial charge on any atom is -0.423 e. The van der Waals surface area contributed by atoms with E-state index in [0.717, 1.165) is 0 Å². The summed E-state index contributed by atoms with van der Waals surface area (Å²) in [7, 11) is 0. The maximum atomic E-state index is 12.7. The van der Waals surface area contributed by atoms with Gasteiger partial charge in [0, 0.05) is 23.2 Å². The van der Waals surface area contributed by atoms with E-state index < -0.39 is 5.63 Å². The maximum absolute atomic E-state index is 12.7. The number of anilines is 2. The number of hydrogen-bond donors (Lipinski definition) is 3. The van der Waals surface area contributed by atoms with Crippen molar-refractivity contribution in [2.24, 2.45) is 0 Å². The Hall–Kier alpha value is -3.61. The topological polar surface area (TPSA) is 100 Å². The summed E-state index contributed by atoms with van der Waals surface area (Å²) in [4.78, 5) is 35.9. The number of benzene rings is 2. The molecule has 0 fully saturated rings. The smallest absolute Gasteiger partial charge is 0.336 e. The highest BCUT2D eigenvalue weighted by Crippen LogP contribution is 2.20. The molecule has 138 valence electrons. The van der Waals surface area contributed by atoms with E-state index in [1.807, 2.05) is 13.8 Å². The van der Waals surface area contributed by atoms with Crippen molar-refractivity contribution in [2.75, 3.05) is 10.6 Å². The minimum atomic E-state index is -0.432. The highest BCUT2D eigenvalue weighted by Gasteiger charge is 2.14. The molecule has 3 aromatic rings. The van der Waals surface area contributed by atoms with Crippen molar-refractivity contribution in [3.63, 3.8) is 0 Å². The molecule has 0 aliphatic heterocycles. The number of rotatable bonds is 4. The fourth-order valence-corrected chi connectivity index (χ4v) is 2.56. The Morgan fingerprint density at radius 3 is 2.52 bits per heavy atom. The first kappa shape index (κ1) is 18.2. The van der Waals surface area contributed by atoms with Crippen LogP contribution < -0.4 is 21.6 Å². The lowest BCUT2D eigenvalue weighted by Crippen LogP contribution is -2.34. The van der Waals surface area contributed by atoms with Crippen LogP contribution in [0, 0.1) is 0 Å². The second-order valence-corrected chi connectivity index (χ2v) is 6.26. The Kier molecular flexibility index (Phi) is 5.21. The fourth-order valence-electron chi connectivity index (χ4n) is 2.56. The van der Waals surface area contributed by atoms with E-state index in [9.17, 15) is 14.4 Å². The second-order valence-electron chi connectivity index (χ2n) is 6.26. The Morgan fingerprint density at radius 2 is 1.74 bits per heavy atom. The van der Waals surface area contributed by atoms with Crippen LogP contribution in [-0.2, 0) is 0 Å². The molecule has 7 heteroatoms. The fraction of sp³-hybridized carbons (Fsp3) is 0.150. The highest BCUT2D eigenvalue weighted by atomic mass is 16.4. The summed E-state index contributed by atoms with van der Waals surface area (Å²) in [6.07, 6.45) is 0. The van der Waals surface area contributed by atoms with Crippen LogP contribution in [0.1, 0.15) is 24.2 Å². The van der Waals surface area contributed by atoms with Gasteiger partial charge in [-0.2, -0.15) is 0 Å². The molecule has 27 heavy (non-hydrogen) atoms. The van der Waals surface area contributed by atoms with Crippen molar-refractivity contribution in [2.45, 2.75) is 19.9 Å². The summed E-state index contributed by atoms with van der Waals surface area (Å²) in [5.74, 6) is -0.368. The third kappa shape index (κ3) is 4.52. The predicted molar refractivity (Wildman–Crippen MR) is 104 cm³/mol. The van der Waals surface area contributed by atoms with E-state index >= 15 is 0 Å². The molecule has 0 spiro atoms. The maximum Gasteiger partial charge on any atom is 0.336 e. The van der Waals surface area contributed by atoms with Crippen molar-refractivity contribution < 1.29 is 14.0 Å². The van der Waals surface area contributed by atoms with Crippen LogP contribution >= 0.6 is 0 Å². The van der Waals surface area contributed by atoms with Gasteiger partial charge in [-0.05, 0) is 50.2 Å². The lowest BCUT2D eigenvalue weighted by atomic mass is 10.1. The van der Waals surface area contributed by atoms with Crippen molar-refractivity contribution in [1.29, 1.82) is 0 Å². The van der Waals surface area contributed by atoms with E-state index in [4.69, 9.17) is 4.42 Å². The number of para-hydroxylation sites is 1. The largest absolute Gasteiger partial charge is 0.423 e. The van der Waals surface area contributed by atoms with Crippen LogP contribution in [0.25, 0.3) is 11.0 Å². The number of fused-ring (bicyclic) bond motifs is 1. The second kappa shape index (κ2) is 7.74. The zero-order chi connectivity index (χ0) is 19.4. The van der Waals surface area contributed by atoms with Gasteiger partial charge in [0.25, 0.3) is 5.91 Å². The standard InChI is InChI=1S/C20H19N3O4/c1-12(2)21-20(26)23-16-6-4-3-5-15(16)19(25)22-14-8-9-17-13(11-14)7-10-18(24)27-17/h3-12H,1-2H3,(H,22,25)(H2,21,23,26). The Bertz CT molecular complexity index is 1060. The first-order valence-electron chi connectivity index (χ1n) is 8.44. The monoisotopic (exact) mass is 365 g/mol. The summed E-state index contributed by atoms with van der Waals surface area (Å²) in [5.41, 5.74) is 1.28. The zero-order valence-electron chi connectivity index (χ0n) is 14.9. The predicted octanol–water partition coefficient (Wildman–Crippen LogP) is 3.58. The number of carbonyl (C=O) groups excluding carboxylic acids is 2. The van der Waals surface area contributed by atoms with Gasteiger partial charge in [-0.1, -0.05) is 12.1 Å². The molecule has 0 radical (unpaired) electrons. The minimum absolute atomic E-state index is 0.0244. The van der Waals surface area contributed by atoms with Gasteiger partial charge in [0.2, 0.25) is 0 Å². The van der Waals surface area contributed by atoms with Gasteiger partial charge >= 0.3 is 11.7 Å². The molecule has 1 heterocycles. The molecule has 7 nitrogen and oxygen atoms in total. The van der Waals surface area contributed by atoms with Crippen molar-refractivity contribution in [1.82, 2.24) is 5.32 Å². The number of hydrogen-bond acceptors (Lipinski definition) is 4. The van der Waals surface area contributed by atoms with Gasteiger partial charge in [-0.25, -0.2) is 9.59 Å². The molecule has 3 N–H and O–H groups in total. The lowest BCUT2D eigenvalue weighted by molar-refractivity contribution is 0.102. The van der Waals surface area contributed by atoms with Gasteiger partial charge in [-0.3, -0.25) is 4.79 Å². The van der Waals surface area contributed by atoms with Crippen molar-refractivity contribution in [3.05, 3.63) is 70.6 Å². The van der Waals surface area contributed by atoms with Crippen LogP contribution in [-0.4, -0.2) is 18.0 Å². The SMILES string of the molecule is CC(C)NC(=O)Nc1ccccc1C(=O)Nc1ccc2oc(=O)ccc2c1. The number of urea groups is 1. The van der Waals surface area contributed by atoms with Crippen LogP contribution in [0.15, 0.2) is 63.8 Å². The summed E-state index contributed by atoms with van der Waals surface area (Å²) >= 11 is 0. The number of carbonyl (C=O) groups is 2. The average Bonchev–Trinajstić information content (AvgIpc) is 2.61. The molecule has 3 rings (SSSR count). The summed E-state index contributed by atoms with van der Waals surface area (Å²) in [5, 5.41) is 8.88. The van der Waals surface area contributed by atoms with Gasteiger partial charge in [0.1, 0.15) is 5.58 Å². The van der Waals surface area contributed by atoms with Gasteiger partial charge in [0.15, 0.2) is 0 Å². The number of nitrogens with one attached hydrogen (secondary N) is 3. The van der Waals surface area contributed by atoms with E-state index in [1.165, 1.54) is 6.07 Å². The normalized spacial score (nSPS) is 10.6. The van der Waals surface area contributed by atoms with Crippen LogP contribution in [0.5, 0.6) is 0 Å². The third-order valence-electron chi connectivity index (χ3n) is 3.72. The van der Waals surface area contributed by atoms with E-state index in [1.54, 1.807) is 48.5 Å². The molecular weight excluding hydrogens is 346 g/mol. The van der Waals surface area contributed by atoms with Crippen LogP contribution in [0.3, 0.4) is 0 Å². The number of amides is 3. The lowest BCUT2D eigenvalue weighted by Gasteiger charge is -2.13. The van der Waals surface area contributed by atoms with Crippen LogP contribution in [0.4, 0.5) is 16.2 Å². The highest BCUT2D eigenvalue weighted by molar-refractivity contribution is 6.10. The van der Waals surface area contributed by atoms with E-state index in [-0.39, 0.29) is 18.0 Å². The Morgan fingerprint density at radius 1 is 0.963 bits per heavy atom. The molecular formula is C20H19N3O4. The Labute approximate surface area is 155 Å². The van der Waals surface area contributed by atoms with Gasteiger partial charge < -0.3 is 20.4 Å². The van der Waals surface area contributed by atoms with Crippen LogP contribution in [0.2, 0.25) is 0 Å². The van der Waals surface area contributed by atoms with E-state index in [0.29, 0.717) is 27.9 Å². The molecule has 0 unspecified atom stereocenters. The zero-order valence-corrected chi connectivity index (χ0v) is 14.9. The van der Waals surface area contributed by atoms with Crippen molar-refractivity contribution >= 4 is 34.3 Å². The quantitative estimate of drug-likeness (QED) is 0.615. The molecule has 0 saturated carbocycles. The molecule has 0 saturated heterocycles. The summed E-state index contributed by atoms with van der Waals surface area (Å²) in [6, 6.07) is 14.2. The third-order valence-corrected chi connectivity index (χ3v) is 3.72. The summed E-state index contributed by atoms with van der Waals surface area (Å²) < 4.78 is 5.08. The Balaban J connectivity index is 1.81. The average molecular weight is 365 g/mol. The van der Waals surface area contributed by atoms with Gasteiger partial charge in [0.05, 0.1) is 11.3 Å². The summed E-state index contributed by atoms with van der Waals surface area (Å²) in [6.45, 7) is 3.69. The molecule has 2 aromatic carbocycles. The molecule has 3 amide bonds. The molecule has 0 aliphatic rings. The molecule has 0 bridgehead atoms. The molecule has 1 aromatic heterocycles. The first-order valence-corrected chi connectivity index (χ1v) is 8.44.